The van der Waals surface area contributed by atoms with Gasteiger partial charge in [-0.25, -0.2) is 0 Å². The zero-order valence-corrected chi connectivity index (χ0v) is 11.9. The lowest BCUT2D eigenvalue weighted by molar-refractivity contribution is -0.117. The first kappa shape index (κ1) is 14.0. The lowest BCUT2D eigenvalue weighted by Gasteiger charge is -2.19. The number of benzene rings is 1. The first-order valence-electron chi connectivity index (χ1n) is 6.54. The number of nitrogens with two attached hydrogens (primary N) is 1. The van der Waals surface area contributed by atoms with Crippen LogP contribution in [0.3, 0.4) is 0 Å². The summed E-state index contributed by atoms with van der Waals surface area (Å²) in [6.45, 7) is 3.40. The van der Waals surface area contributed by atoms with Gasteiger partial charge < -0.3 is 11.1 Å². The van der Waals surface area contributed by atoms with Gasteiger partial charge in [0.1, 0.15) is 4.99 Å². The molecule has 0 heterocycles. The molecule has 1 aliphatic rings. The van der Waals surface area contributed by atoms with E-state index < -0.39 is 0 Å². The summed E-state index contributed by atoms with van der Waals surface area (Å²) >= 11 is 4.98. The second kappa shape index (κ2) is 6.12. The molecule has 5 heteroatoms. The van der Waals surface area contributed by atoms with E-state index in [0.29, 0.717) is 28.8 Å². The lowest BCUT2D eigenvalue weighted by Crippen LogP contribution is -2.35. The van der Waals surface area contributed by atoms with E-state index >= 15 is 0 Å². The largest absolute Gasteiger partial charge is 0.389 e. The van der Waals surface area contributed by atoms with E-state index in [-0.39, 0.29) is 5.91 Å². The van der Waals surface area contributed by atoms with E-state index in [1.807, 2.05) is 24.3 Å². The van der Waals surface area contributed by atoms with Crippen LogP contribution in [0.2, 0.25) is 0 Å². The molecule has 1 amide bonds. The highest BCUT2D eigenvalue weighted by Gasteiger charge is 2.29. The molecule has 0 aliphatic heterocycles. The molecule has 1 aromatic carbocycles. The zero-order valence-electron chi connectivity index (χ0n) is 11.1. The van der Waals surface area contributed by atoms with Gasteiger partial charge in [-0.2, -0.15) is 0 Å². The van der Waals surface area contributed by atoms with Gasteiger partial charge in [0.15, 0.2) is 0 Å². The van der Waals surface area contributed by atoms with Crippen molar-refractivity contribution >= 4 is 28.8 Å². The van der Waals surface area contributed by atoms with E-state index in [4.69, 9.17) is 18.0 Å². The van der Waals surface area contributed by atoms with Crippen molar-refractivity contribution in [2.45, 2.75) is 25.8 Å². The summed E-state index contributed by atoms with van der Waals surface area (Å²) in [5, 5.41) is 2.89. The number of nitrogens with zero attached hydrogens (tertiary/aromatic N) is 1. The van der Waals surface area contributed by atoms with Crippen LogP contribution in [0.5, 0.6) is 0 Å². The van der Waals surface area contributed by atoms with Gasteiger partial charge in [0, 0.05) is 11.6 Å². The van der Waals surface area contributed by atoms with Crippen LogP contribution in [0.1, 0.15) is 25.3 Å². The minimum Gasteiger partial charge on any atom is -0.389 e. The highest BCUT2D eigenvalue weighted by atomic mass is 32.1. The summed E-state index contributed by atoms with van der Waals surface area (Å²) in [5.74, 6) is -0.0163. The molecule has 0 unspecified atom stereocenters. The Hall–Kier alpha value is -1.46. The van der Waals surface area contributed by atoms with E-state index in [1.165, 1.54) is 12.8 Å². The maximum absolute atomic E-state index is 12.1. The van der Waals surface area contributed by atoms with Crippen LogP contribution in [-0.2, 0) is 4.79 Å². The number of carbonyl (C=O) groups is 1. The number of anilines is 1. The Morgan fingerprint density at radius 1 is 1.47 bits per heavy atom. The first-order chi connectivity index (χ1) is 9.11. The number of hydrogen-bond donors (Lipinski definition) is 2. The van der Waals surface area contributed by atoms with Crippen LogP contribution in [0, 0.1) is 0 Å². The fraction of sp³-hybridized carbons (Fsp3) is 0.429. The fourth-order valence-corrected chi connectivity index (χ4v) is 2.30. The zero-order chi connectivity index (χ0) is 13.8. The van der Waals surface area contributed by atoms with Crippen molar-refractivity contribution in [3.63, 3.8) is 0 Å². The van der Waals surface area contributed by atoms with Gasteiger partial charge in [0.05, 0.1) is 12.2 Å². The predicted octanol–water partition coefficient (Wildman–Crippen LogP) is 1.74. The first-order valence-corrected chi connectivity index (χ1v) is 6.95. The van der Waals surface area contributed by atoms with Crippen molar-refractivity contribution in [3.05, 3.63) is 29.8 Å². The molecule has 1 saturated carbocycles. The standard InChI is InChI=1S/C14H19N3OS/c1-2-17(10-7-8-10)9-13(18)16-12-6-4-3-5-11(12)14(15)19/h3-6,10H,2,7-9H2,1H3,(H2,15,19)(H,16,18). The molecular formula is C14H19N3OS. The van der Waals surface area contributed by atoms with Gasteiger partial charge in [-0.15, -0.1) is 0 Å². The monoisotopic (exact) mass is 277 g/mol. The van der Waals surface area contributed by atoms with E-state index in [0.717, 1.165) is 6.54 Å². The summed E-state index contributed by atoms with van der Waals surface area (Å²) in [5.41, 5.74) is 7.04. The van der Waals surface area contributed by atoms with Crippen molar-refractivity contribution in [3.8, 4) is 0 Å². The van der Waals surface area contributed by atoms with Gasteiger partial charge in [-0.1, -0.05) is 31.3 Å². The van der Waals surface area contributed by atoms with Gasteiger partial charge in [-0.3, -0.25) is 9.69 Å². The Bertz CT molecular complexity index is 485. The number of nitrogens with one attached hydrogen (secondary N) is 1. The van der Waals surface area contributed by atoms with Crippen molar-refractivity contribution < 1.29 is 4.79 Å². The molecule has 102 valence electrons. The van der Waals surface area contributed by atoms with Crippen molar-refractivity contribution in [2.24, 2.45) is 5.73 Å². The minimum absolute atomic E-state index is 0.0163. The fourth-order valence-electron chi connectivity index (χ4n) is 2.12. The molecule has 0 bridgehead atoms. The number of amides is 1. The van der Waals surface area contributed by atoms with E-state index in [9.17, 15) is 4.79 Å². The molecule has 0 saturated heterocycles. The Morgan fingerprint density at radius 3 is 2.74 bits per heavy atom. The molecule has 4 nitrogen and oxygen atoms in total. The van der Waals surface area contributed by atoms with Crippen molar-refractivity contribution in [1.29, 1.82) is 0 Å². The van der Waals surface area contributed by atoms with Crippen LogP contribution in [0.15, 0.2) is 24.3 Å². The maximum atomic E-state index is 12.1. The molecule has 1 aliphatic carbocycles. The van der Waals surface area contributed by atoms with Crippen molar-refractivity contribution in [1.82, 2.24) is 4.90 Å². The number of carbonyl (C=O) groups excluding carboxylic acids is 1. The van der Waals surface area contributed by atoms with Crippen molar-refractivity contribution in [2.75, 3.05) is 18.4 Å². The second-order valence-electron chi connectivity index (χ2n) is 4.75. The minimum atomic E-state index is -0.0163. The number of hydrogen-bond acceptors (Lipinski definition) is 3. The number of thiocarbonyl (C=S) groups is 1. The highest BCUT2D eigenvalue weighted by molar-refractivity contribution is 7.80. The second-order valence-corrected chi connectivity index (χ2v) is 5.19. The van der Waals surface area contributed by atoms with E-state index in [2.05, 4.69) is 17.1 Å². The lowest BCUT2D eigenvalue weighted by atomic mass is 10.2. The van der Waals surface area contributed by atoms with Gasteiger partial charge in [0.25, 0.3) is 0 Å². The predicted molar refractivity (Wildman–Crippen MR) is 81.2 cm³/mol. The number of para-hydroxylation sites is 1. The summed E-state index contributed by atoms with van der Waals surface area (Å²) < 4.78 is 0. The molecule has 1 aromatic rings. The van der Waals surface area contributed by atoms with Gasteiger partial charge in [0.2, 0.25) is 5.91 Å². The third-order valence-corrected chi connectivity index (χ3v) is 3.50. The Labute approximate surface area is 119 Å². The van der Waals surface area contributed by atoms with Gasteiger partial charge >= 0.3 is 0 Å². The summed E-state index contributed by atoms with van der Waals surface area (Å²) in [4.78, 5) is 14.5. The highest BCUT2D eigenvalue weighted by Crippen LogP contribution is 2.26. The normalized spacial score (nSPS) is 14.4. The van der Waals surface area contributed by atoms with Crippen LogP contribution in [0.4, 0.5) is 5.69 Å². The summed E-state index contributed by atoms with van der Waals surface area (Å²) in [6.07, 6.45) is 2.40. The molecule has 3 N–H and O–H groups in total. The SMILES string of the molecule is CCN(CC(=O)Nc1ccccc1C(N)=S)C1CC1. The molecule has 0 spiro atoms. The molecule has 19 heavy (non-hydrogen) atoms. The molecule has 0 atom stereocenters. The Morgan fingerprint density at radius 2 is 2.16 bits per heavy atom. The maximum Gasteiger partial charge on any atom is 0.238 e. The Balaban J connectivity index is 2.00. The molecule has 0 aromatic heterocycles. The third kappa shape index (κ3) is 3.75. The quantitative estimate of drug-likeness (QED) is 0.778. The topological polar surface area (TPSA) is 58.4 Å². The van der Waals surface area contributed by atoms with Crippen LogP contribution in [0.25, 0.3) is 0 Å². The van der Waals surface area contributed by atoms with E-state index in [1.54, 1.807) is 0 Å². The number of rotatable bonds is 6. The average Bonchev–Trinajstić information content (AvgIpc) is 3.20. The average molecular weight is 277 g/mol. The molecule has 1 fully saturated rings. The molecule has 2 rings (SSSR count). The summed E-state index contributed by atoms with van der Waals surface area (Å²) in [7, 11) is 0. The van der Waals surface area contributed by atoms with Gasteiger partial charge in [-0.05, 0) is 31.5 Å². The number of likely N-dealkylation sites (N-methyl/N-ethyl adjacent to an activating group) is 1. The molecular weight excluding hydrogens is 258 g/mol. The van der Waals surface area contributed by atoms with Crippen LogP contribution < -0.4 is 11.1 Å². The third-order valence-electron chi connectivity index (χ3n) is 3.28. The van der Waals surface area contributed by atoms with Crippen LogP contribution >= 0.6 is 12.2 Å². The Kier molecular flexibility index (Phi) is 4.50. The summed E-state index contributed by atoms with van der Waals surface area (Å²) in [6, 6.07) is 7.93. The smallest absolute Gasteiger partial charge is 0.238 e. The van der Waals surface area contributed by atoms with Crippen LogP contribution in [-0.4, -0.2) is 34.9 Å². The molecule has 0 radical (unpaired) electrons.